The van der Waals surface area contributed by atoms with E-state index in [0.29, 0.717) is 0 Å². The first-order valence-electron chi connectivity index (χ1n) is 5.49. The summed E-state index contributed by atoms with van der Waals surface area (Å²) in [6.07, 6.45) is -2.53. The van der Waals surface area contributed by atoms with Crippen LogP contribution in [0.25, 0.3) is 0 Å². The molecule has 0 spiro atoms. The van der Waals surface area contributed by atoms with E-state index < -0.39 is 24.7 Å². The first-order chi connectivity index (χ1) is 9.04. The molecular formula is C12H12F4N2O. The predicted octanol–water partition coefficient (Wildman–Crippen LogP) is 2.21. The molecule has 1 rings (SSSR count). The first-order valence-corrected chi connectivity index (χ1v) is 5.49. The van der Waals surface area contributed by atoms with Gasteiger partial charge in [0.15, 0.2) is 0 Å². The molecule has 3 nitrogen and oxygen atoms in total. The molecule has 0 bridgehead atoms. The maximum absolute atomic E-state index is 13.4. The predicted molar refractivity (Wildman–Crippen MR) is 59.6 cm³/mol. The lowest BCUT2D eigenvalue weighted by Gasteiger charge is -2.08. The number of benzene rings is 1. The van der Waals surface area contributed by atoms with Crippen molar-refractivity contribution >= 4 is 0 Å². The lowest BCUT2D eigenvalue weighted by atomic mass is 10.1. The van der Waals surface area contributed by atoms with Gasteiger partial charge in [0.05, 0.1) is 18.2 Å². The largest absolute Gasteiger partial charge is 0.374 e. The second-order valence-corrected chi connectivity index (χ2v) is 3.67. The summed E-state index contributed by atoms with van der Waals surface area (Å²) in [4.78, 5) is 0. The van der Waals surface area contributed by atoms with E-state index in [-0.39, 0.29) is 30.8 Å². The van der Waals surface area contributed by atoms with Gasteiger partial charge >= 0.3 is 0 Å². The Morgan fingerprint density at radius 3 is 2.42 bits per heavy atom. The van der Waals surface area contributed by atoms with E-state index in [1.54, 1.807) is 6.07 Å². The minimum atomic E-state index is -2.53. The highest BCUT2D eigenvalue weighted by atomic mass is 19.3. The number of halogens is 4. The molecule has 0 saturated heterocycles. The molecule has 1 aromatic rings. The van der Waals surface area contributed by atoms with Crippen molar-refractivity contribution in [1.82, 2.24) is 5.32 Å². The summed E-state index contributed by atoms with van der Waals surface area (Å²) < 4.78 is 54.9. The van der Waals surface area contributed by atoms with Gasteiger partial charge in [0.25, 0.3) is 6.43 Å². The SMILES string of the molecule is N#Cc1cc(F)c(CNCCOCC(F)F)c(F)c1. The van der Waals surface area contributed by atoms with Gasteiger partial charge in [-0.1, -0.05) is 0 Å². The molecule has 0 heterocycles. The monoisotopic (exact) mass is 276 g/mol. The number of nitrogens with zero attached hydrogens (tertiary/aromatic N) is 1. The van der Waals surface area contributed by atoms with Crippen molar-refractivity contribution in [2.75, 3.05) is 19.8 Å². The highest BCUT2D eigenvalue weighted by Crippen LogP contribution is 2.14. The zero-order chi connectivity index (χ0) is 14.3. The van der Waals surface area contributed by atoms with Gasteiger partial charge < -0.3 is 10.1 Å². The molecule has 0 unspecified atom stereocenters. The highest BCUT2D eigenvalue weighted by molar-refractivity contribution is 5.34. The third-order valence-corrected chi connectivity index (χ3v) is 2.24. The van der Waals surface area contributed by atoms with Gasteiger partial charge in [-0.25, -0.2) is 17.6 Å². The Kier molecular flexibility index (Phi) is 6.25. The number of hydrogen-bond donors (Lipinski definition) is 1. The molecule has 0 aromatic heterocycles. The van der Waals surface area contributed by atoms with Crippen LogP contribution in [0.15, 0.2) is 12.1 Å². The van der Waals surface area contributed by atoms with Crippen molar-refractivity contribution in [3.8, 4) is 6.07 Å². The van der Waals surface area contributed by atoms with Crippen LogP contribution in [0.5, 0.6) is 0 Å². The Morgan fingerprint density at radius 1 is 1.26 bits per heavy atom. The first kappa shape index (κ1) is 15.4. The zero-order valence-electron chi connectivity index (χ0n) is 9.93. The molecule has 0 amide bonds. The summed E-state index contributed by atoms with van der Waals surface area (Å²) >= 11 is 0. The third kappa shape index (κ3) is 5.24. The molecular weight excluding hydrogens is 264 g/mol. The number of hydrogen-bond acceptors (Lipinski definition) is 3. The summed E-state index contributed by atoms with van der Waals surface area (Å²) in [6, 6.07) is 3.51. The molecule has 1 N–H and O–H groups in total. The second-order valence-electron chi connectivity index (χ2n) is 3.67. The van der Waals surface area contributed by atoms with E-state index in [4.69, 9.17) is 5.26 Å². The molecule has 104 valence electrons. The van der Waals surface area contributed by atoms with Crippen molar-refractivity contribution in [2.24, 2.45) is 0 Å². The van der Waals surface area contributed by atoms with Gasteiger partial charge in [0.2, 0.25) is 0 Å². The van der Waals surface area contributed by atoms with Crippen molar-refractivity contribution in [3.05, 3.63) is 34.9 Å². The van der Waals surface area contributed by atoms with Crippen LogP contribution in [-0.2, 0) is 11.3 Å². The quantitative estimate of drug-likeness (QED) is 0.613. The van der Waals surface area contributed by atoms with Gasteiger partial charge in [-0.2, -0.15) is 5.26 Å². The van der Waals surface area contributed by atoms with Crippen LogP contribution in [0.2, 0.25) is 0 Å². The lowest BCUT2D eigenvalue weighted by molar-refractivity contribution is 0.0187. The summed E-state index contributed by atoms with van der Waals surface area (Å²) in [5, 5.41) is 11.2. The molecule has 19 heavy (non-hydrogen) atoms. The summed E-state index contributed by atoms with van der Waals surface area (Å²) in [7, 11) is 0. The Morgan fingerprint density at radius 2 is 1.89 bits per heavy atom. The highest BCUT2D eigenvalue weighted by Gasteiger charge is 2.10. The van der Waals surface area contributed by atoms with Gasteiger partial charge in [-0.05, 0) is 12.1 Å². The minimum absolute atomic E-state index is 0.0177. The zero-order valence-corrected chi connectivity index (χ0v) is 9.93. The molecule has 1 aromatic carbocycles. The van der Waals surface area contributed by atoms with Crippen LogP contribution < -0.4 is 5.32 Å². The minimum Gasteiger partial charge on any atom is -0.374 e. The smallest absolute Gasteiger partial charge is 0.261 e. The number of alkyl halides is 2. The van der Waals surface area contributed by atoms with Crippen LogP contribution in [0.3, 0.4) is 0 Å². The van der Waals surface area contributed by atoms with E-state index in [1.807, 2.05) is 0 Å². The molecule has 0 aliphatic heterocycles. The number of ether oxygens (including phenoxy) is 1. The summed E-state index contributed by atoms with van der Waals surface area (Å²) in [5.41, 5.74) is -0.299. The lowest BCUT2D eigenvalue weighted by Crippen LogP contribution is -2.21. The normalized spacial score (nSPS) is 10.7. The van der Waals surface area contributed by atoms with Crippen LogP contribution >= 0.6 is 0 Å². The molecule has 0 aliphatic rings. The van der Waals surface area contributed by atoms with E-state index in [0.717, 1.165) is 12.1 Å². The summed E-state index contributed by atoms with van der Waals surface area (Å²) in [5.74, 6) is -1.64. The Balaban J connectivity index is 2.40. The van der Waals surface area contributed by atoms with Gasteiger partial charge in [0, 0.05) is 18.7 Å². The van der Waals surface area contributed by atoms with Crippen molar-refractivity contribution in [1.29, 1.82) is 5.26 Å². The third-order valence-electron chi connectivity index (χ3n) is 2.24. The van der Waals surface area contributed by atoms with Crippen LogP contribution in [0, 0.1) is 23.0 Å². The molecule has 0 aliphatic carbocycles. The van der Waals surface area contributed by atoms with E-state index in [1.165, 1.54) is 0 Å². The fraction of sp³-hybridized carbons (Fsp3) is 0.417. The van der Waals surface area contributed by atoms with Crippen molar-refractivity contribution in [3.63, 3.8) is 0 Å². The van der Waals surface area contributed by atoms with Crippen molar-refractivity contribution < 1.29 is 22.3 Å². The average Bonchev–Trinajstić information content (AvgIpc) is 2.35. The Bertz CT molecular complexity index is 437. The molecule has 0 fully saturated rings. The van der Waals surface area contributed by atoms with Gasteiger partial charge in [0.1, 0.15) is 18.2 Å². The molecule has 0 radical (unpaired) electrons. The Hall–Kier alpha value is -1.65. The van der Waals surface area contributed by atoms with Gasteiger partial charge in [-0.3, -0.25) is 0 Å². The fourth-order valence-electron chi connectivity index (χ4n) is 1.37. The van der Waals surface area contributed by atoms with E-state index in [2.05, 4.69) is 10.1 Å². The molecule has 7 heteroatoms. The standard InChI is InChI=1S/C12H12F4N2O/c13-10-3-8(5-17)4-11(14)9(10)6-18-1-2-19-7-12(15)16/h3-4,12,18H,1-2,6-7H2. The molecule has 0 atom stereocenters. The average molecular weight is 276 g/mol. The van der Waals surface area contributed by atoms with Crippen molar-refractivity contribution in [2.45, 2.75) is 13.0 Å². The number of nitrogens with one attached hydrogen (secondary N) is 1. The van der Waals surface area contributed by atoms with Crippen LogP contribution in [0.1, 0.15) is 11.1 Å². The van der Waals surface area contributed by atoms with Crippen LogP contribution in [-0.4, -0.2) is 26.2 Å². The fourth-order valence-corrected chi connectivity index (χ4v) is 1.37. The maximum atomic E-state index is 13.4. The van der Waals surface area contributed by atoms with E-state index in [9.17, 15) is 17.6 Å². The number of rotatable bonds is 7. The Labute approximate surface area is 107 Å². The second kappa shape index (κ2) is 7.71. The van der Waals surface area contributed by atoms with E-state index >= 15 is 0 Å². The maximum Gasteiger partial charge on any atom is 0.261 e. The topological polar surface area (TPSA) is 45.0 Å². The van der Waals surface area contributed by atoms with Gasteiger partial charge in [-0.15, -0.1) is 0 Å². The summed E-state index contributed by atoms with van der Waals surface area (Å²) in [6.45, 7) is -0.571. The van der Waals surface area contributed by atoms with Crippen LogP contribution in [0.4, 0.5) is 17.6 Å². The molecule has 0 saturated carbocycles. The number of nitriles is 1.